The molecule has 17 heavy (non-hydrogen) atoms. The summed E-state index contributed by atoms with van der Waals surface area (Å²) in [5, 5.41) is 0. The minimum absolute atomic E-state index is 0.255. The summed E-state index contributed by atoms with van der Waals surface area (Å²) < 4.78 is 0. The molecular formula is C15H21NO. The monoisotopic (exact) mass is 231 g/mol. The lowest BCUT2D eigenvalue weighted by atomic mass is 9.78. The molecule has 0 aromatic heterocycles. The smallest absolute Gasteiger partial charge is 0.225 e. The number of hydrogen-bond donors (Lipinski definition) is 0. The molecule has 1 fully saturated rings. The summed E-state index contributed by atoms with van der Waals surface area (Å²) in [5.41, 5.74) is 1.43. The van der Waals surface area contributed by atoms with Crippen LogP contribution in [0.4, 0.5) is 0 Å². The molecule has 0 aliphatic heterocycles. The van der Waals surface area contributed by atoms with E-state index in [0.29, 0.717) is 11.8 Å². The number of amides is 1. The Morgan fingerprint density at radius 1 is 1.06 bits per heavy atom. The lowest BCUT2D eigenvalue weighted by Crippen LogP contribution is -2.31. The zero-order valence-corrected chi connectivity index (χ0v) is 10.7. The Kier molecular flexibility index (Phi) is 3.82. The molecule has 1 aliphatic rings. The highest BCUT2D eigenvalue weighted by Gasteiger charge is 2.27. The molecule has 0 spiro atoms. The van der Waals surface area contributed by atoms with Crippen molar-refractivity contribution in [1.29, 1.82) is 0 Å². The summed E-state index contributed by atoms with van der Waals surface area (Å²) in [7, 11) is 3.71. The maximum absolute atomic E-state index is 11.9. The van der Waals surface area contributed by atoms with Crippen molar-refractivity contribution >= 4 is 5.91 Å². The van der Waals surface area contributed by atoms with Gasteiger partial charge in [0.05, 0.1) is 0 Å². The molecule has 1 aromatic rings. The zero-order valence-electron chi connectivity index (χ0n) is 10.7. The summed E-state index contributed by atoms with van der Waals surface area (Å²) in [5.74, 6) is 1.21. The summed E-state index contributed by atoms with van der Waals surface area (Å²) in [6, 6.07) is 10.7. The van der Waals surface area contributed by atoms with Gasteiger partial charge in [0.2, 0.25) is 5.91 Å². The fourth-order valence-corrected chi connectivity index (χ4v) is 2.76. The third kappa shape index (κ3) is 2.87. The quantitative estimate of drug-likeness (QED) is 0.766. The van der Waals surface area contributed by atoms with E-state index in [9.17, 15) is 4.79 Å². The Morgan fingerprint density at radius 3 is 2.18 bits per heavy atom. The second-order valence-electron chi connectivity index (χ2n) is 5.19. The van der Waals surface area contributed by atoms with Gasteiger partial charge in [0.15, 0.2) is 0 Å². The van der Waals surface area contributed by atoms with Crippen molar-refractivity contribution in [1.82, 2.24) is 4.90 Å². The molecule has 1 aliphatic carbocycles. The molecule has 1 saturated carbocycles. The molecule has 92 valence electrons. The molecule has 1 aromatic carbocycles. The first kappa shape index (κ1) is 12.2. The van der Waals surface area contributed by atoms with Gasteiger partial charge < -0.3 is 4.90 Å². The lowest BCUT2D eigenvalue weighted by Gasteiger charge is -2.29. The first-order valence-electron chi connectivity index (χ1n) is 6.44. The van der Waals surface area contributed by atoms with Gasteiger partial charge in [-0.05, 0) is 37.2 Å². The second-order valence-corrected chi connectivity index (χ2v) is 5.19. The minimum Gasteiger partial charge on any atom is -0.349 e. The largest absolute Gasteiger partial charge is 0.349 e. The highest BCUT2D eigenvalue weighted by molar-refractivity contribution is 5.78. The standard InChI is InChI=1S/C15H21NO/c1-16(2)15(17)14-10-8-13(9-11-14)12-6-4-3-5-7-12/h3-7,13-14H,8-11H2,1-2H3. The van der Waals surface area contributed by atoms with Crippen molar-refractivity contribution in [3.05, 3.63) is 35.9 Å². The molecule has 0 unspecified atom stereocenters. The number of rotatable bonds is 2. The van der Waals surface area contributed by atoms with E-state index in [1.807, 2.05) is 14.1 Å². The maximum Gasteiger partial charge on any atom is 0.225 e. The van der Waals surface area contributed by atoms with Crippen LogP contribution >= 0.6 is 0 Å². The van der Waals surface area contributed by atoms with Crippen LogP contribution in [0.5, 0.6) is 0 Å². The number of benzene rings is 1. The molecule has 2 nitrogen and oxygen atoms in total. The van der Waals surface area contributed by atoms with Crippen LogP contribution in [-0.4, -0.2) is 24.9 Å². The van der Waals surface area contributed by atoms with Crippen LogP contribution in [-0.2, 0) is 4.79 Å². The van der Waals surface area contributed by atoms with Crippen molar-refractivity contribution in [3.8, 4) is 0 Å². The average Bonchev–Trinajstić information content (AvgIpc) is 2.39. The SMILES string of the molecule is CN(C)C(=O)C1CCC(c2ccccc2)CC1. The molecule has 0 radical (unpaired) electrons. The van der Waals surface area contributed by atoms with E-state index in [-0.39, 0.29) is 5.92 Å². The Balaban J connectivity index is 1.93. The average molecular weight is 231 g/mol. The Bertz CT molecular complexity index is 364. The Morgan fingerprint density at radius 2 is 1.65 bits per heavy atom. The third-order valence-corrected chi connectivity index (χ3v) is 3.79. The fraction of sp³-hybridized carbons (Fsp3) is 0.533. The highest BCUT2D eigenvalue weighted by atomic mass is 16.2. The van der Waals surface area contributed by atoms with Crippen molar-refractivity contribution in [2.24, 2.45) is 5.92 Å². The lowest BCUT2D eigenvalue weighted by molar-refractivity contribution is -0.134. The van der Waals surface area contributed by atoms with Gasteiger partial charge in [-0.3, -0.25) is 4.79 Å². The maximum atomic E-state index is 11.9. The summed E-state index contributed by atoms with van der Waals surface area (Å²) >= 11 is 0. The molecule has 0 saturated heterocycles. The number of hydrogen-bond acceptors (Lipinski definition) is 1. The molecule has 0 N–H and O–H groups in total. The van der Waals surface area contributed by atoms with Gasteiger partial charge >= 0.3 is 0 Å². The number of nitrogens with zero attached hydrogens (tertiary/aromatic N) is 1. The van der Waals surface area contributed by atoms with E-state index in [0.717, 1.165) is 25.7 Å². The van der Waals surface area contributed by atoms with Crippen molar-refractivity contribution in [2.75, 3.05) is 14.1 Å². The molecule has 2 rings (SSSR count). The van der Waals surface area contributed by atoms with Crippen molar-refractivity contribution < 1.29 is 4.79 Å². The van der Waals surface area contributed by atoms with Crippen LogP contribution in [0.15, 0.2) is 30.3 Å². The third-order valence-electron chi connectivity index (χ3n) is 3.79. The predicted octanol–water partition coefficient (Wildman–Crippen LogP) is 3.05. The van der Waals surface area contributed by atoms with Gasteiger partial charge in [0.25, 0.3) is 0 Å². The Hall–Kier alpha value is -1.31. The molecular weight excluding hydrogens is 210 g/mol. The van der Waals surface area contributed by atoms with Crippen LogP contribution < -0.4 is 0 Å². The first-order chi connectivity index (χ1) is 8.18. The van der Waals surface area contributed by atoms with Gasteiger partial charge in [0.1, 0.15) is 0 Å². The predicted molar refractivity (Wildman–Crippen MR) is 69.8 cm³/mol. The first-order valence-corrected chi connectivity index (χ1v) is 6.44. The number of carbonyl (C=O) groups excluding carboxylic acids is 1. The molecule has 1 amide bonds. The fourth-order valence-electron chi connectivity index (χ4n) is 2.76. The summed E-state index contributed by atoms with van der Waals surface area (Å²) in [6.45, 7) is 0. The normalized spacial score (nSPS) is 24.4. The number of carbonyl (C=O) groups is 1. The van der Waals surface area contributed by atoms with Gasteiger partial charge in [-0.2, -0.15) is 0 Å². The molecule has 0 bridgehead atoms. The van der Waals surface area contributed by atoms with E-state index < -0.39 is 0 Å². The molecule has 2 heteroatoms. The van der Waals surface area contributed by atoms with E-state index in [1.165, 1.54) is 5.56 Å². The van der Waals surface area contributed by atoms with Crippen LogP contribution in [0, 0.1) is 5.92 Å². The van der Waals surface area contributed by atoms with Crippen LogP contribution in [0.3, 0.4) is 0 Å². The highest BCUT2D eigenvalue weighted by Crippen LogP contribution is 2.36. The second kappa shape index (κ2) is 5.35. The topological polar surface area (TPSA) is 20.3 Å². The van der Waals surface area contributed by atoms with Crippen molar-refractivity contribution in [3.63, 3.8) is 0 Å². The van der Waals surface area contributed by atoms with E-state index in [1.54, 1.807) is 4.90 Å². The molecule has 0 heterocycles. The van der Waals surface area contributed by atoms with Gasteiger partial charge in [0, 0.05) is 20.0 Å². The van der Waals surface area contributed by atoms with E-state index in [4.69, 9.17) is 0 Å². The van der Waals surface area contributed by atoms with Gasteiger partial charge in [-0.25, -0.2) is 0 Å². The molecule has 0 atom stereocenters. The summed E-state index contributed by atoms with van der Waals surface area (Å²) in [6.07, 6.45) is 4.37. The van der Waals surface area contributed by atoms with E-state index >= 15 is 0 Å². The van der Waals surface area contributed by atoms with Crippen LogP contribution in [0.2, 0.25) is 0 Å². The minimum atomic E-state index is 0.255. The van der Waals surface area contributed by atoms with Gasteiger partial charge in [-0.1, -0.05) is 30.3 Å². The summed E-state index contributed by atoms with van der Waals surface area (Å²) in [4.78, 5) is 13.6. The Labute approximate surface area is 104 Å². The zero-order chi connectivity index (χ0) is 12.3. The van der Waals surface area contributed by atoms with Gasteiger partial charge in [-0.15, -0.1) is 0 Å². The van der Waals surface area contributed by atoms with Crippen LogP contribution in [0.1, 0.15) is 37.2 Å². The van der Waals surface area contributed by atoms with E-state index in [2.05, 4.69) is 30.3 Å². The van der Waals surface area contributed by atoms with Crippen LogP contribution in [0.25, 0.3) is 0 Å². The van der Waals surface area contributed by atoms with Crippen molar-refractivity contribution in [2.45, 2.75) is 31.6 Å².